The third-order valence-corrected chi connectivity index (χ3v) is 2.45. The molecule has 1 atom stereocenters. The molecule has 94 valence electrons. The van der Waals surface area contributed by atoms with Gasteiger partial charge in [-0.1, -0.05) is 0 Å². The predicted molar refractivity (Wildman–Crippen MR) is 62.1 cm³/mol. The van der Waals surface area contributed by atoms with Crippen LogP contribution >= 0.6 is 0 Å². The largest absolute Gasteiger partial charge is 0.493 e. The highest BCUT2D eigenvalue weighted by molar-refractivity contribution is 5.82. The highest BCUT2D eigenvalue weighted by atomic mass is 16.5. The maximum Gasteiger partial charge on any atom is 0.203 e. The van der Waals surface area contributed by atoms with Crippen LogP contribution in [0.1, 0.15) is 28.9 Å². The van der Waals surface area contributed by atoms with Gasteiger partial charge in [-0.15, -0.1) is 0 Å². The molecule has 0 aliphatic rings. The fourth-order valence-electron chi connectivity index (χ4n) is 1.73. The first-order valence-corrected chi connectivity index (χ1v) is 5.06. The zero-order chi connectivity index (χ0) is 13.0. The van der Waals surface area contributed by atoms with Gasteiger partial charge in [0.1, 0.15) is 0 Å². The topological polar surface area (TPSA) is 65.0 Å². The molecule has 1 unspecified atom stereocenters. The second-order valence-corrected chi connectivity index (χ2v) is 3.44. The number of carbonyl (C=O) groups is 1. The van der Waals surface area contributed by atoms with E-state index in [1.54, 1.807) is 6.92 Å². The Balaban J connectivity index is 3.61. The lowest BCUT2D eigenvalue weighted by Gasteiger charge is -2.19. The van der Waals surface area contributed by atoms with Crippen LogP contribution in [-0.2, 0) is 0 Å². The van der Waals surface area contributed by atoms with E-state index in [2.05, 4.69) is 0 Å². The summed E-state index contributed by atoms with van der Waals surface area (Å²) in [5.41, 5.74) is 0.703. The van der Waals surface area contributed by atoms with Crippen molar-refractivity contribution in [2.75, 3.05) is 21.3 Å². The monoisotopic (exact) mass is 240 g/mol. The number of methoxy groups -OCH3 is 3. The van der Waals surface area contributed by atoms with Gasteiger partial charge in [0.15, 0.2) is 17.8 Å². The van der Waals surface area contributed by atoms with Crippen molar-refractivity contribution in [2.24, 2.45) is 0 Å². The Bertz CT molecular complexity index is 412. The van der Waals surface area contributed by atoms with Crippen LogP contribution in [0.3, 0.4) is 0 Å². The summed E-state index contributed by atoms with van der Waals surface area (Å²) >= 11 is 0. The van der Waals surface area contributed by atoms with Crippen LogP contribution in [0.4, 0.5) is 0 Å². The first-order chi connectivity index (χ1) is 8.10. The van der Waals surface area contributed by atoms with Crippen LogP contribution in [-0.4, -0.2) is 32.7 Å². The van der Waals surface area contributed by atoms with Crippen LogP contribution in [0.15, 0.2) is 6.07 Å². The SMILES string of the molecule is COc1cc(C=O)c(C(C)O)c(OC)c1OC. The lowest BCUT2D eigenvalue weighted by Crippen LogP contribution is -2.05. The van der Waals surface area contributed by atoms with Crippen LogP contribution in [0.2, 0.25) is 0 Å². The number of aliphatic hydroxyl groups excluding tert-OH is 1. The Morgan fingerprint density at radius 1 is 1.18 bits per heavy atom. The fourth-order valence-corrected chi connectivity index (χ4v) is 1.73. The maximum atomic E-state index is 11.0. The Kier molecular flexibility index (Phi) is 4.34. The molecule has 0 saturated carbocycles. The first-order valence-electron chi connectivity index (χ1n) is 5.06. The van der Waals surface area contributed by atoms with Crippen LogP contribution in [0.25, 0.3) is 0 Å². The normalized spacial score (nSPS) is 11.8. The summed E-state index contributed by atoms with van der Waals surface area (Å²) in [6.45, 7) is 1.55. The molecule has 1 N–H and O–H groups in total. The van der Waals surface area contributed by atoms with Gasteiger partial charge in [-0.05, 0) is 13.0 Å². The number of benzene rings is 1. The predicted octanol–water partition coefficient (Wildman–Crippen LogP) is 1.58. The minimum Gasteiger partial charge on any atom is -0.493 e. The van der Waals surface area contributed by atoms with Gasteiger partial charge in [-0.2, -0.15) is 0 Å². The molecule has 1 rings (SSSR count). The van der Waals surface area contributed by atoms with E-state index in [-0.39, 0.29) is 0 Å². The number of carbonyl (C=O) groups excluding carboxylic acids is 1. The molecule has 0 saturated heterocycles. The number of rotatable bonds is 5. The molecule has 5 heteroatoms. The Morgan fingerprint density at radius 3 is 2.12 bits per heavy atom. The van der Waals surface area contributed by atoms with Crippen LogP contribution < -0.4 is 14.2 Å². The summed E-state index contributed by atoms with van der Waals surface area (Å²) in [4.78, 5) is 11.0. The molecule has 0 aromatic heterocycles. The summed E-state index contributed by atoms with van der Waals surface area (Å²) in [7, 11) is 4.37. The molecule has 0 amide bonds. The summed E-state index contributed by atoms with van der Waals surface area (Å²) < 4.78 is 15.5. The first kappa shape index (κ1) is 13.3. The van der Waals surface area contributed by atoms with Crippen molar-refractivity contribution in [2.45, 2.75) is 13.0 Å². The third-order valence-electron chi connectivity index (χ3n) is 2.45. The second kappa shape index (κ2) is 5.54. The molecule has 0 fully saturated rings. The van der Waals surface area contributed by atoms with E-state index in [9.17, 15) is 9.90 Å². The van der Waals surface area contributed by atoms with E-state index < -0.39 is 6.10 Å². The highest BCUT2D eigenvalue weighted by Gasteiger charge is 2.22. The number of aliphatic hydroxyl groups is 1. The van der Waals surface area contributed by atoms with Gasteiger partial charge in [-0.25, -0.2) is 0 Å². The molecule has 0 heterocycles. The van der Waals surface area contributed by atoms with E-state index in [1.807, 2.05) is 0 Å². The van der Waals surface area contributed by atoms with Gasteiger partial charge in [0.2, 0.25) is 5.75 Å². The van der Waals surface area contributed by atoms with Gasteiger partial charge in [0.25, 0.3) is 0 Å². The van der Waals surface area contributed by atoms with Gasteiger partial charge in [0, 0.05) is 11.1 Å². The lowest BCUT2D eigenvalue weighted by atomic mass is 10.0. The van der Waals surface area contributed by atoms with Crippen molar-refractivity contribution in [3.63, 3.8) is 0 Å². The Hall–Kier alpha value is -1.75. The molecule has 0 aliphatic heterocycles. The highest BCUT2D eigenvalue weighted by Crippen LogP contribution is 2.43. The van der Waals surface area contributed by atoms with Crippen molar-refractivity contribution < 1.29 is 24.1 Å². The van der Waals surface area contributed by atoms with E-state index in [4.69, 9.17) is 14.2 Å². The molecule has 1 aromatic rings. The number of hydrogen-bond acceptors (Lipinski definition) is 5. The molecule has 0 radical (unpaired) electrons. The van der Waals surface area contributed by atoms with Gasteiger partial charge in [0.05, 0.1) is 27.4 Å². The van der Waals surface area contributed by atoms with Crippen LogP contribution in [0.5, 0.6) is 17.2 Å². The molecular weight excluding hydrogens is 224 g/mol. The Labute approximate surface area is 99.9 Å². The summed E-state index contributed by atoms with van der Waals surface area (Å²) in [6.07, 6.45) is -0.197. The maximum absolute atomic E-state index is 11.0. The summed E-state index contributed by atoms with van der Waals surface area (Å²) in [5.74, 6) is 1.05. The standard InChI is InChI=1S/C12H16O5/c1-7(14)10-8(6-13)5-9(15-2)11(16-3)12(10)17-4/h5-7,14H,1-4H3. The molecule has 0 bridgehead atoms. The molecule has 17 heavy (non-hydrogen) atoms. The van der Waals surface area contributed by atoms with Crippen LogP contribution in [0, 0.1) is 0 Å². The van der Waals surface area contributed by atoms with Crippen molar-refractivity contribution in [1.82, 2.24) is 0 Å². The van der Waals surface area contributed by atoms with E-state index in [0.717, 1.165) is 0 Å². The third kappa shape index (κ3) is 2.34. The number of hydrogen-bond donors (Lipinski definition) is 1. The van der Waals surface area contributed by atoms with Gasteiger partial charge in [-0.3, -0.25) is 4.79 Å². The average molecular weight is 240 g/mol. The zero-order valence-electron chi connectivity index (χ0n) is 10.3. The smallest absolute Gasteiger partial charge is 0.203 e. The van der Waals surface area contributed by atoms with Crippen molar-refractivity contribution >= 4 is 6.29 Å². The molecule has 0 spiro atoms. The molecule has 0 aliphatic carbocycles. The summed E-state index contributed by atoms with van der Waals surface area (Å²) in [6, 6.07) is 1.51. The van der Waals surface area contributed by atoms with E-state index in [0.29, 0.717) is 34.7 Å². The van der Waals surface area contributed by atoms with Crippen molar-refractivity contribution in [3.05, 3.63) is 17.2 Å². The average Bonchev–Trinajstić information content (AvgIpc) is 2.35. The zero-order valence-corrected chi connectivity index (χ0v) is 10.3. The van der Waals surface area contributed by atoms with Crippen molar-refractivity contribution in [1.29, 1.82) is 0 Å². The van der Waals surface area contributed by atoms with Gasteiger partial charge < -0.3 is 19.3 Å². The quantitative estimate of drug-likeness (QED) is 0.791. The Morgan fingerprint density at radius 2 is 1.76 bits per heavy atom. The summed E-state index contributed by atoms with van der Waals surface area (Å²) in [5, 5.41) is 9.70. The minimum absolute atomic E-state index is 0.309. The molecule has 1 aromatic carbocycles. The lowest BCUT2D eigenvalue weighted by molar-refractivity contribution is 0.111. The van der Waals surface area contributed by atoms with E-state index in [1.165, 1.54) is 27.4 Å². The fraction of sp³-hybridized carbons (Fsp3) is 0.417. The molecular formula is C12H16O5. The van der Waals surface area contributed by atoms with E-state index >= 15 is 0 Å². The molecule has 5 nitrogen and oxygen atoms in total. The van der Waals surface area contributed by atoms with Gasteiger partial charge >= 0.3 is 0 Å². The second-order valence-electron chi connectivity index (χ2n) is 3.44. The number of aldehydes is 1. The van der Waals surface area contributed by atoms with Crippen molar-refractivity contribution in [3.8, 4) is 17.2 Å². The minimum atomic E-state index is -0.843. The number of ether oxygens (including phenoxy) is 3.